The first-order chi connectivity index (χ1) is 7.43. The molecule has 16 heavy (non-hydrogen) atoms. The number of fused-ring (bicyclic) bond motifs is 1. The lowest BCUT2D eigenvalue weighted by Crippen LogP contribution is -2.19. The molecule has 0 saturated carbocycles. The summed E-state index contributed by atoms with van der Waals surface area (Å²) >= 11 is 0. The fourth-order valence-electron chi connectivity index (χ4n) is 2.17. The van der Waals surface area contributed by atoms with Crippen LogP contribution in [-0.2, 0) is 12.6 Å². The average Bonchev–Trinajstić information content (AvgIpc) is 2.57. The Morgan fingerprint density at radius 2 is 2.06 bits per heavy atom. The van der Waals surface area contributed by atoms with Gasteiger partial charge in [0.05, 0.1) is 0 Å². The highest BCUT2D eigenvalue weighted by Crippen LogP contribution is 2.40. The monoisotopic (exact) mass is 231 g/mol. The van der Waals surface area contributed by atoms with E-state index in [9.17, 15) is 13.2 Å². The van der Waals surface area contributed by atoms with Crippen molar-refractivity contribution in [2.75, 3.05) is 6.54 Å². The number of nitrogens with two attached hydrogens (primary N) is 1. The number of aryl methyl sites for hydroxylation is 2. The molecule has 1 atom stereocenters. The second kappa shape index (κ2) is 3.69. The summed E-state index contributed by atoms with van der Waals surface area (Å²) in [5.74, 6) is -0.0871. The van der Waals surface area contributed by atoms with Crippen LogP contribution in [0, 0.1) is 6.92 Å². The SMILES string of the molecule is Cc1nc2c(c(C(F)(F)F)n1)C(CN)CC2. The smallest absolute Gasteiger partial charge is 0.330 e. The van der Waals surface area contributed by atoms with E-state index in [4.69, 9.17) is 5.73 Å². The molecule has 1 heterocycles. The number of rotatable bonds is 1. The number of hydrogen-bond acceptors (Lipinski definition) is 3. The van der Waals surface area contributed by atoms with Gasteiger partial charge in [-0.25, -0.2) is 9.97 Å². The van der Waals surface area contributed by atoms with E-state index < -0.39 is 11.9 Å². The van der Waals surface area contributed by atoms with Crippen LogP contribution in [0.5, 0.6) is 0 Å². The van der Waals surface area contributed by atoms with Crippen LogP contribution in [0.4, 0.5) is 13.2 Å². The van der Waals surface area contributed by atoms with E-state index in [2.05, 4.69) is 9.97 Å². The normalized spacial score (nSPS) is 19.9. The van der Waals surface area contributed by atoms with Gasteiger partial charge in [0.2, 0.25) is 0 Å². The zero-order valence-corrected chi connectivity index (χ0v) is 8.80. The van der Waals surface area contributed by atoms with Gasteiger partial charge in [0.25, 0.3) is 0 Å². The Morgan fingerprint density at radius 1 is 1.38 bits per heavy atom. The topological polar surface area (TPSA) is 51.8 Å². The minimum atomic E-state index is -4.42. The van der Waals surface area contributed by atoms with E-state index in [1.807, 2.05) is 0 Å². The van der Waals surface area contributed by atoms with Gasteiger partial charge in [0, 0.05) is 17.2 Å². The van der Waals surface area contributed by atoms with E-state index in [-0.39, 0.29) is 23.9 Å². The number of hydrogen-bond donors (Lipinski definition) is 1. The maximum absolute atomic E-state index is 12.8. The van der Waals surface area contributed by atoms with Crippen molar-refractivity contribution >= 4 is 0 Å². The highest BCUT2D eigenvalue weighted by molar-refractivity contribution is 5.36. The Hall–Kier alpha value is -1.17. The lowest BCUT2D eigenvalue weighted by Gasteiger charge is -2.15. The lowest BCUT2D eigenvalue weighted by atomic mass is 10.0. The van der Waals surface area contributed by atoms with Crippen LogP contribution in [0.25, 0.3) is 0 Å². The Kier molecular flexibility index (Phi) is 2.61. The van der Waals surface area contributed by atoms with E-state index in [1.54, 1.807) is 0 Å². The fraction of sp³-hybridized carbons (Fsp3) is 0.600. The van der Waals surface area contributed by atoms with Crippen LogP contribution in [0.3, 0.4) is 0 Å². The fourth-order valence-corrected chi connectivity index (χ4v) is 2.17. The predicted octanol–water partition coefficient (Wildman–Crippen LogP) is 1.79. The summed E-state index contributed by atoms with van der Waals surface area (Å²) in [5, 5.41) is 0. The predicted molar refractivity (Wildman–Crippen MR) is 51.9 cm³/mol. The largest absolute Gasteiger partial charge is 0.433 e. The Morgan fingerprint density at radius 3 is 2.62 bits per heavy atom. The summed E-state index contributed by atoms with van der Waals surface area (Å²) in [6, 6.07) is 0. The molecular formula is C10H12F3N3. The van der Waals surface area contributed by atoms with Gasteiger partial charge in [-0.3, -0.25) is 0 Å². The molecular weight excluding hydrogens is 219 g/mol. The molecule has 88 valence electrons. The third-order valence-electron chi connectivity index (χ3n) is 2.83. The Labute approximate surface area is 90.9 Å². The third kappa shape index (κ3) is 1.77. The van der Waals surface area contributed by atoms with Crippen LogP contribution in [0.2, 0.25) is 0 Å². The van der Waals surface area contributed by atoms with Crippen LogP contribution >= 0.6 is 0 Å². The molecule has 1 aromatic rings. The maximum Gasteiger partial charge on any atom is 0.433 e. The highest BCUT2D eigenvalue weighted by Gasteiger charge is 2.40. The molecule has 1 aliphatic carbocycles. The summed E-state index contributed by atoms with van der Waals surface area (Å²) in [4.78, 5) is 7.58. The standard InChI is InChI=1S/C10H12F3N3/c1-5-15-7-3-2-6(4-14)8(7)9(16-5)10(11,12)13/h6H,2-4,14H2,1H3. The van der Waals surface area contributed by atoms with Crippen molar-refractivity contribution in [2.45, 2.75) is 31.9 Å². The summed E-state index contributed by atoms with van der Waals surface area (Å²) in [6.07, 6.45) is -3.23. The zero-order chi connectivity index (χ0) is 11.9. The van der Waals surface area contributed by atoms with Crippen molar-refractivity contribution in [3.63, 3.8) is 0 Å². The Bertz CT molecular complexity index is 415. The van der Waals surface area contributed by atoms with Crippen molar-refractivity contribution in [3.05, 3.63) is 22.8 Å². The van der Waals surface area contributed by atoms with Gasteiger partial charge < -0.3 is 5.73 Å². The molecule has 2 N–H and O–H groups in total. The first kappa shape index (κ1) is 11.3. The van der Waals surface area contributed by atoms with Gasteiger partial charge in [-0.2, -0.15) is 13.2 Å². The van der Waals surface area contributed by atoms with Crippen molar-refractivity contribution in [3.8, 4) is 0 Å². The van der Waals surface area contributed by atoms with Gasteiger partial charge in [-0.1, -0.05) is 0 Å². The third-order valence-corrected chi connectivity index (χ3v) is 2.83. The molecule has 0 fully saturated rings. The lowest BCUT2D eigenvalue weighted by molar-refractivity contribution is -0.142. The van der Waals surface area contributed by atoms with Crippen LogP contribution in [0.1, 0.15) is 35.1 Å². The van der Waals surface area contributed by atoms with E-state index in [1.165, 1.54) is 6.92 Å². The highest BCUT2D eigenvalue weighted by atomic mass is 19.4. The van der Waals surface area contributed by atoms with Crippen LogP contribution in [0.15, 0.2) is 0 Å². The number of aromatic nitrogens is 2. The molecule has 1 unspecified atom stereocenters. The van der Waals surface area contributed by atoms with Crippen molar-refractivity contribution < 1.29 is 13.2 Å². The van der Waals surface area contributed by atoms with Crippen molar-refractivity contribution in [1.82, 2.24) is 9.97 Å². The van der Waals surface area contributed by atoms with Gasteiger partial charge in [0.15, 0.2) is 5.69 Å². The molecule has 0 bridgehead atoms. The molecule has 2 rings (SSSR count). The molecule has 0 saturated heterocycles. The van der Waals surface area contributed by atoms with Gasteiger partial charge in [-0.05, 0) is 26.3 Å². The number of halogens is 3. The maximum atomic E-state index is 12.8. The molecule has 1 aliphatic rings. The van der Waals surface area contributed by atoms with Gasteiger partial charge >= 0.3 is 6.18 Å². The van der Waals surface area contributed by atoms with Crippen molar-refractivity contribution in [1.29, 1.82) is 0 Å². The molecule has 6 heteroatoms. The number of nitrogens with zero attached hydrogens (tertiary/aromatic N) is 2. The zero-order valence-electron chi connectivity index (χ0n) is 8.80. The second-order valence-corrected chi connectivity index (χ2v) is 3.95. The summed E-state index contributed by atoms with van der Waals surface area (Å²) in [7, 11) is 0. The summed E-state index contributed by atoms with van der Waals surface area (Å²) < 4.78 is 38.4. The van der Waals surface area contributed by atoms with Gasteiger partial charge in [-0.15, -0.1) is 0 Å². The molecule has 0 spiro atoms. The molecule has 3 nitrogen and oxygen atoms in total. The van der Waals surface area contributed by atoms with E-state index in [0.29, 0.717) is 18.5 Å². The summed E-state index contributed by atoms with van der Waals surface area (Å²) in [5.41, 5.74) is 5.39. The molecule has 0 aliphatic heterocycles. The van der Waals surface area contributed by atoms with E-state index in [0.717, 1.165) is 0 Å². The quantitative estimate of drug-likeness (QED) is 0.801. The summed E-state index contributed by atoms with van der Waals surface area (Å²) in [6.45, 7) is 1.69. The first-order valence-electron chi connectivity index (χ1n) is 5.08. The second-order valence-electron chi connectivity index (χ2n) is 3.95. The molecule has 0 aromatic carbocycles. The number of alkyl halides is 3. The molecule has 0 radical (unpaired) electrons. The Balaban J connectivity index is 2.61. The van der Waals surface area contributed by atoms with Crippen molar-refractivity contribution in [2.24, 2.45) is 5.73 Å². The minimum absolute atomic E-state index is 0.170. The molecule has 1 aromatic heterocycles. The average molecular weight is 231 g/mol. The van der Waals surface area contributed by atoms with Crippen LogP contribution < -0.4 is 5.73 Å². The molecule has 0 amide bonds. The first-order valence-corrected chi connectivity index (χ1v) is 5.08. The minimum Gasteiger partial charge on any atom is -0.330 e. The van der Waals surface area contributed by atoms with Gasteiger partial charge in [0.1, 0.15) is 5.82 Å². The van der Waals surface area contributed by atoms with E-state index >= 15 is 0 Å². The van der Waals surface area contributed by atoms with Crippen LogP contribution in [-0.4, -0.2) is 16.5 Å².